The summed E-state index contributed by atoms with van der Waals surface area (Å²) < 4.78 is 0. The Morgan fingerprint density at radius 1 is 1.14 bits per heavy atom. The summed E-state index contributed by atoms with van der Waals surface area (Å²) in [5.41, 5.74) is -0.0586. The van der Waals surface area contributed by atoms with Gasteiger partial charge in [0.05, 0.1) is 5.03 Å². The highest BCUT2D eigenvalue weighted by Gasteiger charge is 2.32. The molecule has 1 fully saturated rings. The first-order valence-corrected chi connectivity index (χ1v) is 5.22. The summed E-state index contributed by atoms with van der Waals surface area (Å²) in [4.78, 5) is 0. The molecule has 74 valence electrons. The Bertz CT molecular complexity index is 308. The molecule has 0 aromatic rings. The third-order valence-electron chi connectivity index (χ3n) is 2.93. The molecule has 0 unspecified atom stereocenters. The number of nitrogens with zero attached hydrogens (tertiary/aromatic N) is 2. The van der Waals surface area contributed by atoms with Crippen LogP contribution in [-0.2, 0) is 0 Å². The lowest BCUT2D eigenvalue weighted by atomic mass is 9.74. The highest BCUT2D eigenvalue weighted by molar-refractivity contribution is 6.31. The third-order valence-corrected chi connectivity index (χ3v) is 3.58. The normalized spacial score (nSPS) is 19.1. The molecular formula is C11H13ClN2. The average Bonchev–Trinajstić information content (AvgIpc) is 2.20. The van der Waals surface area contributed by atoms with Gasteiger partial charge >= 0.3 is 0 Å². The second kappa shape index (κ2) is 4.49. The Hall–Kier alpha value is -0.990. The maximum Gasteiger partial charge on any atom is 0.144 e. The second-order valence-corrected chi connectivity index (χ2v) is 4.41. The number of allylic oxidation sites excluding steroid dienone is 2. The lowest BCUT2D eigenvalue weighted by Crippen LogP contribution is -2.21. The second-order valence-electron chi connectivity index (χ2n) is 4.03. The monoisotopic (exact) mass is 208 g/mol. The SMILES string of the molecule is CC1(C(Cl)=C(C#N)C#N)CCCCC1. The topological polar surface area (TPSA) is 47.6 Å². The van der Waals surface area contributed by atoms with Gasteiger partial charge in [-0.05, 0) is 12.8 Å². The fraction of sp³-hybridized carbons (Fsp3) is 0.636. The summed E-state index contributed by atoms with van der Waals surface area (Å²) in [7, 11) is 0. The summed E-state index contributed by atoms with van der Waals surface area (Å²) in [6, 6.07) is 3.72. The standard InChI is InChI=1S/C11H13ClN2/c1-11(5-3-2-4-6-11)10(12)9(7-13)8-14/h2-6H2,1H3. The van der Waals surface area contributed by atoms with Crippen LogP contribution in [0.5, 0.6) is 0 Å². The van der Waals surface area contributed by atoms with E-state index in [-0.39, 0.29) is 11.0 Å². The number of rotatable bonds is 1. The molecule has 0 aliphatic heterocycles. The molecular weight excluding hydrogens is 196 g/mol. The third kappa shape index (κ3) is 2.08. The van der Waals surface area contributed by atoms with Gasteiger partial charge in [-0.2, -0.15) is 10.5 Å². The fourth-order valence-electron chi connectivity index (χ4n) is 1.98. The molecule has 0 spiro atoms. The highest BCUT2D eigenvalue weighted by atomic mass is 35.5. The quantitative estimate of drug-likeness (QED) is 0.620. The Kier molecular flexibility index (Phi) is 3.55. The highest BCUT2D eigenvalue weighted by Crippen LogP contribution is 2.44. The van der Waals surface area contributed by atoms with Crippen LogP contribution < -0.4 is 0 Å². The molecule has 0 amide bonds. The Labute approximate surface area is 89.8 Å². The minimum atomic E-state index is -0.138. The van der Waals surface area contributed by atoms with E-state index < -0.39 is 0 Å². The summed E-state index contributed by atoms with van der Waals surface area (Å²) in [6.07, 6.45) is 5.47. The minimum absolute atomic E-state index is 0.0797. The van der Waals surface area contributed by atoms with Gasteiger partial charge in [-0.15, -0.1) is 0 Å². The van der Waals surface area contributed by atoms with Gasteiger partial charge in [-0.1, -0.05) is 37.8 Å². The lowest BCUT2D eigenvalue weighted by molar-refractivity contribution is 0.278. The van der Waals surface area contributed by atoms with Crippen molar-refractivity contribution in [2.24, 2.45) is 5.41 Å². The Balaban J connectivity index is 2.98. The molecule has 0 N–H and O–H groups in total. The molecule has 0 aromatic carbocycles. The van der Waals surface area contributed by atoms with Crippen LogP contribution in [0.25, 0.3) is 0 Å². The number of hydrogen-bond donors (Lipinski definition) is 0. The molecule has 0 atom stereocenters. The van der Waals surface area contributed by atoms with Crippen molar-refractivity contribution in [2.45, 2.75) is 39.0 Å². The summed E-state index contributed by atoms with van der Waals surface area (Å²) >= 11 is 6.10. The summed E-state index contributed by atoms with van der Waals surface area (Å²) in [5, 5.41) is 17.9. The van der Waals surface area contributed by atoms with Gasteiger partial charge < -0.3 is 0 Å². The maximum absolute atomic E-state index is 8.73. The molecule has 0 aromatic heterocycles. The number of nitriles is 2. The van der Waals surface area contributed by atoms with Gasteiger partial charge in [-0.25, -0.2) is 0 Å². The van der Waals surface area contributed by atoms with Crippen LogP contribution in [0, 0.1) is 28.1 Å². The molecule has 1 rings (SSSR count). The van der Waals surface area contributed by atoms with Crippen LogP contribution in [0.15, 0.2) is 10.6 Å². The molecule has 1 saturated carbocycles. The van der Waals surface area contributed by atoms with Crippen LogP contribution in [0.2, 0.25) is 0 Å². The van der Waals surface area contributed by atoms with Crippen LogP contribution in [0.3, 0.4) is 0 Å². The lowest BCUT2D eigenvalue weighted by Gasteiger charge is -2.33. The Morgan fingerprint density at radius 2 is 1.64 bits per heavy atom. The smallest absolute Gasteiger partial charge is 0.144 e. The molecule has 14 heavy (non-hydrogen) atoms. The van der Waals surface area contributed by atoms with Crippen LogP contribution >= 0.6 is 11.6 Å². The molecule has 0 heterocycles. The summed E-state index contributed by atoms with van der Waals surface area (Å²) in [6.45, 7) is 2.04. The van der Waals surface area contributed by atoms with Crippen LogP contribution in [0.1, 0.15) is 39.0 Å². The Morgan fingerprint density at radius 3 is 2.07 bits per heavy atom. The zero-order chi connectivity index (χ0) is 10.6. The maximum atomic E-state index is 8.73. The summed E-state index contributed by atoms with van der Waals surface area (Å²) in [5.74, 6) is 0. The molecule has 1 aliphatic carbocycles. The molecule has 1 aliphatic rings. The van der Waals surface area contributed by atoms with E-state index in [0.29, 0.717) is 5.03 Å². The van der Waals surface area contributed by atoms with Crippen molar-refractivity contribution in [2.75, 3.05) is 0 Å². The molecule has 0 radical (unpaired) electrons. The minimum Gasteiger partial charge on any atom is -0.192 e. The van der Waals surface area contributed by atoms with Crippen molar-refractivity contribution >= 4 is 11.6 Å². The first-order valence-electron chi connectivity index (χ1n) is 4.84. The average molecular weight is 209 g/mol. The van der Waals surface area contributed by atoms with E-state index in [1.807, 2.05) is 19.1 Å². The van der Waals surface area contributed by atoms with Gasteiger partial charge in [0.2, 0.25) is 0 Å². The van der Waals surface area contributed by atoms with E-state index >= 15 is 0 Å². The van der Waals surface area contributed by atoms with E-state index in [0.717, 1.165) is 25.7 Å². The van der Waals surface area contributed by atoms with E-state index in [4.69, 9.17) is 22.1 Å². The first kappa shape index (κ1) is 11.1. The van der Waals surface area contributed by atoms with Gasteiger partial charge in [0, 0.05) is 5.41 Å². The van der Waals surface area contributed by atoms with Crippen molar-refractivity contribution in [3.63, 3.8) is 0 Å². The number of halogens is 1. The molecule has 0 bridgehead atoms. The van der Waals surface area contributed by atoms with Crippen molar-refractivity contribution in [1.82, 2.24) is 0 Å². The van der Waals surface area contributed by atoms with Crippen molar-refractivity contribution < 1.29 is 0 Å². The number of hydrogen-bond acceptors (Lipinski definition) is 2. The first-order chi connectivity index (χ1) is 6.64. The zero-order valence-corrected chi connectivity index (χ0v) is 9.06. The molecule has 3 heteroatoms. The van der Waals surface area contributed by atoms with Crippen molar-refractivity contribution in [1.29, 1.82) is 10.5 Å². The predicted molar refractivity (Wildman–Crippen MR) is 55.3 cm³/mol. The largest absolute Gasteiger partial charge is 0.192 e. The van der Waals surface area contributed by atoms with Gasteiger partial charge in [0.25, 0.3) is 0 Å². The van der Waals surface area contributed by atoms with Crippen LogP contribution in [-0.4, -0.2) is 0 Å². The van der Waals surface area contributed by atoms with E-state index in [1.165, 1.54) is 6.42 Å². The molecule has 0 saturated heterocycles. The van der Waals surface area contributed by atoms with Gasteiger partial charge in [-0.3, -0.25) is 0 Å². The van der Waals surface area contributed by atoms with E-state index in [9.17, 15) is 0 Å². The van der Waals surface area contributed by atoms with E-state index in [2.05, 4.69) is 0 Å². The van der Waals surface area contributed by atoms with Crippen molar-refractivity contribution in [3.05, 3.63) is 10.6 Å². The van der Waals surface area contributed by atoms with Gasteiger partial charge in [0.15, 0.2) is 0 Å². The molecule has 2 nitrogen and oxygen atoms in total. The van der Waals surface area contributed by atoms with Gasteiger partial charge in [0.1, 0.15) is 17.7 Å². The van der Waals surface area contributed by atoms with E-state index in [1.54, 1.807) is 0 Å². The van der Waals surface area contributed by atoms with Crippen LogP contribution in [0.4, 0.5) is 0 Å². The van der Waals surface area contributed by atoms with Crippen molar-refractivity contribution in [3.8, 4) is 12.1 Å². The fourth-order valence-corrected chi connectivity index (χ4v) is 2.25. The zero-order valence-electron chi connectivity index (χ0n) is 8.31. The predicted octanol–water partition coefficient (Wildman–Crippen LogP) is 3.50.